The van der Waals surface area contributed by atoms with Crippen LogP contribution in [-0.4, -0.2) is 22.9 Å². The number of H-pyrrole nitrogens is 2. The molecule has 0 amide bonds. The van der Waals surface area contributed by atoms with Gasteiger partial charge in [-0.15, -0.1) is 0 Å². The van der Waals surface area contributed by atoms with Crippen molar-refractivity contribution in [1.29, 1.82) is 0 Å². The van der Waals surface area contributed by atoms with Crippen molar-refractivity contribution in [3.05, 3.63) is 59.9 Å². The van der Waals surface area contributed by atoms with Gasteiger partial charge in [-0.05, 0) is 42.5 Å². The topological polar surface area (TPSA) is 83.9 Å². The van der Waals surface area contributed by atoms with E-state index in [2.05, 4.69) is 9.97 Å². The number of methoxy groups -OCH3 is 1. The molecular weight excluding hydrogens is 290 g/mol. The number of rotatable bonds is 3. The zero-order valence-electron chi connectivity index (χ0n) is 12.5. The molecule has 114 valence electrons. The van der Waals surface area contributed by atoms with Gasteiger partial charge in [0, 0.05) is 33.6 Å². The number of nitrogen functional groups attached to an aromatic ring is 1. The van der Waals surface area contributed by atoms with Crippen LogP contribution < -0.4 is 10.5 Å². The Balaban J connectivity index is 1.78. The fraction of sp³-hybridized carbons (Fsp3) is 0.0556. The molecule has 0 spiro atoms. The minimum absolute atomic E-state index is 0.0670. The number of fused-ring (bicyclic) bond motifs is 2. The Labute approximate surface area is 132 Å². The van der Waals surface area contributed by atoms with Crippen LogP contribution in [0.15, 0.2) is 48.7 Å². The third-order valence-corrected chi connectivity index (χ3v) is 4.05. The SMILES string of the molecule is COc1ccc2[nH]c(C(=O)c3ccc4[nH]cc(N)c4c3)cc2c1. The molecule has 0 aliphatic heterocycles. The van der Waals surface area contributed by atoms with Gasteiger partial charge in [0.25, 0.3) is 0 Å². The van der Waals surface area contributed by atoms with Gasteiger partial charge < -0.3 is 20.4 Å². The van der Waals surface area contributed by atoms with Gasteiger partial charge in [-0.2, -0.15) is 0 Å². The van der Waals surface area contributed by atoms with Crippen LogP contribution >= 0.6 is 0 Å². The number of aromatic amines is 2. The molecule has 0 saturated carbocycles. The first-order valence-electron chi connectivity index (χ1n) is 7.24. The van der Waals surface area contributed by atoms with Crippen LogP contribution in [0.25, 0.3) is 21.8 Å². The average Bonchev–Trinajstić information content (AvgIpc) is 3.17. The first-order valence-corrected chi connectivity index (χ1v) is 7.24. The van der Waals surface area contributed by atoms with Crippen molar-refractivity contribution in [3.63, 3.8) is 0 Å². The van der Waals surface area contributed by atoms with E-state index in [1.165, 1.54) is 0 Å². The monoisotopic (exact) mass is 305 g/mol. The lowest BCUT2D eigenvalue weighted by Gasteiger charge is -2.00. The smallest absolute Gasteiger partial charge is 0.209 e. The Hall–Kier alpha value is -3.21. The molecule has 0 fully saturated rings. The lowest BCUT2D eigenvalue weighted by Crippen LogP contribution is -2.01. The van der Waals surface area contributed by atoms with Crippen molar-refractivity contribution in [3.8, 4) is 5.75 Å². The van der Waals surface area contributed by atoms with E-state index in [1.54, 1.807) is 19.4 Å². The van der Waals surface area contributed by atoms with Gasteiger partial charge >= 0.3 is 0 Å². The molecule has 4 N–H and O–H groups in total. The maximum Gasteiger partial charge on any atom is 0.209 e. The predicted molar refractivity (Wildman–Crippen MR) is 91.0 cm³/mol. The van der Waals surface area contributed by atoms with Gasteiger partial charge in [0.1, 0.15) is 5.75 Å². The van der Waals surface area contributed by atoms with E-state index >= 15 is 0 Å². The number of carbonyl (C=O) groups is 1. The molecule has 0 bridgehead atoms. The van der Waals surface area contributed by atoms with Gasteiger partial charge in [-0.25, -0.2) is 0 Å². The average molecular weight is 305 g/mol. The third kappa shape index (κ3) is 2.14. The Bertz CT molecular complexity index is 1040. The largest absolute Gasteiger partial charge is 0.497 e. The molecule has 4 aromatic rings. The van der Waals surface area contributed by atoms with Crippen molar-refractivity contribution in [2.75, 3.05) is 12.8 Å². The first kappa shape index (κ1) is 13.5. The molecule has 2 heterocycles. The summed E-state index contributed by atoms with van der Waals surface area (Å²) < 4.78 is 5.21. The van der Waals surface area contributed by atoms with Crippen LogP contribution in [-0.2, 0) is 0 Å². The Morgan fingerprint density at radius 1 is 1.09 bits per heavy atom. The van der Waals surface area contributed by atoms with Crippen LogP contribution in [0.5, 0.6) is 5.75 Å². The number of aromatic nitrogens is 2. The number of nitrogens with two attached hydrogens (primary N) is 1. The molecule has 0 unspecified atom stereocenters. The van der Waals surface area contributed by atoms with E-state index in [0.717, 1.165) is 27.6 Å². The van der Waals surface area contributed by atoms with Crippen LogP contribution in [0.4, 0.5) is 5.69 Å². The number of ether oxygens (including phenoxy) is 1. The van der Waals surface area contributed by atoms with E-state index in [1.807, 2.05) is 36.4 Å². The molecule has 0 atom stereocenters. The number of hydrogen-bond donors (Lipinski definition) is 3. The summed E-state index contributed by atoms with van der Waals surface area (Å²) in [6.45, 7) is 0. The van der Waals surface area contributed by atoms with Gasteiger partial charge in [-0.1, -0.05) is 0 Å². The number of ketones is 1. The highest BCUT2D eigenvalue weighted by molar-refractivity contribution is 6.12. The Morgan fingerprint density at radius 2 is 1.91 bits per heavy atom. The van der Waals surface area contributed by atoms with Crippen LogP contribution in [0.2, 0.25) is 0 Å². The van der Waals surface area contributed by atoms with E-state index < -0.39 is 0 Å². The number of nitrogens with one attached hydrogen (secondary N) is 2. The van der Waals surface area contributed by atoms with E-state index in [4.69, 9.17) is 10.5 Å². The molecular formula is C18H15N3O2. The van der Waals surface area contributed by atoms with E-state index in [9.17, 15) is 4.79 Å². The molecule has 0 aliphatic rings. The minimum Gasteiger partial charge on any atom is -0.497 e. The maximum absolute atomic E-state index is 12.7. The maximum atomic E-state index is 12.7. The highest BCUT2D eigenvalue weighted by atomic mass is 16.5. The summed E-state index contributed by atoms with van der Waals surface area (Å²) in [6.07, 6.45) is 1.73. The molecule has 0 aliphatic carbocycles. The van der Waals surface area contributed by atoms with Crippen molar-refractivity contribution < 1.29 is 9.53 Å². The summed E-state index contributed by atoms with van der Waals surface area (Å²) in [5.74, 6) is 0.694. The van der Waals surface area contributed by atoms with Crippen molar-refractivity contribution in [2.24, 2.45) is 0 Å². The molecule has 4 rings (SSSR count). The summed E-state index contributed by atoms with van der Waals surface area (Å²) >= 11 is 0. The minimum atomic E-state index is -0.0670. The van der Waals surface area contributed by atoms with Crippen LogP contribution in [0.1, 0.15) is 16.1 Å². The first-order chi connectivity index (χ1) is 11.2. The van der Waals surface area contributed by atoms with E-state index in [-0.39, 0.29) is 5.78 Å². The van der Waals surface area contributed by atoms with E-state index in [0.29, 0.717) is 16.9 Å². The Kier molecular flexibility index (Phi) is 2.87. The van der Waals surface area contributed by atoms with Crippen molar-refractivity contribution in [2.45, 2.75) is 0 Å². The highest BCUT2D eigenvalue weighted by Crippen LogP contribution is 2.25. The van der Waals surface area contributed by atoms with Crippen molar-refractivity contribution in [1.82, 2.24) is 9.97 Å². The van der Waals surface area contributed by atoms with Gasteiger partial charge in [0.2, 0.25) is 5.78 Å². The van der Waals surface area contributed by atoms with Crippen LogP contribution in [0, 0.1) is 0 Å². The molecule has 2 aromatic heterocycles. The summed E-state index contributed by atoms with van der Waals surface area (Å²) in [5, 5.41) is 1.79. The normalized spacial score (nSPS) is 11.2. The fourth-order valence-electron chi connectivity index (χ4n) is 2.80. The highest BCUT2D eigenvalue weighted by Gasteiger charge is 2.14. The number of anilines is 1. The fourth-order valence-corrected chi connectivity index (χ4v) is 2.80. The lowest BCUT2D eigenvalue weighted by atomic mass is 10.1. The molecule has 23 heavy (non-hydrogen) atoms. The lowest BCUT2D eigenvalue weighted by molar-refractivity contribution is 0.103. The summed E-state index contributed by atoms with van der Waals surface area (Å²) in [4.78, 5) is 19.0. The van der Waals surface area contributed by atoms with Gasteiger partial charge in [-0.3, -0.25) is 4.79 Å². The zero-order valence-corrected chi connectivity index (χ0v) is 12.5. The molecule has 0 radical (unpaired) electrons. The number of carbonyl (C=O) groups excluding carboxylic acids is 1. The second kappa shape index (κ2) is 4.91. The predicted octanol–water partition coefficient (Wildman–Crippen LogP) is 3.47. The second-order valence-electron chi connectivity index (χ2n) is 5.47. The summed E-state index contributed by atoms with van der Waals surface area (Å²) in [7, 11) is 1.62. The van der Waals surface area contributed by atoms with Gasteiger partial charge in [0.15, 0.2) is 0 Å². The Morgan fingerprint density at radius 3 is 2.74 bits per heavy atom. The van der Waals surface area contributed by atoms with Gasteiger partial charge in [0.05, 0.1) is 18.5 Å². The molecule has 5 nitrogen and oxygen atoms in total. The summed E-state index contributed by atoms with van der Waals surface area (Å²) in [5.41, 5.74) is 9.51. The third-order valence-electron chi connectivity index (χ3n) is 4.05. The van der Waals surface area contributed by atoms with Crippen molar-refractivity contribution >= 4 is 33.3 Å². The molecule has 5 heteroatoms. The summed E-state index contributed by atoms with van der Waals surface area (Å²) in [6, 6.07) is 13.0. The number of hydrogen-bond acceptors (Lipinski definition) is 3. The second-order valence-corrected chi connectivity index (χ2v) is 5.47. The molecule has 2 aromatic carbocycles. The molecule has 0 saturated heterocycles. The quantitative estimate of drug-likeness (QED) is 0.507. The zero-order chi connectivity index (χ0) is 16.0. The van der Waals surface area contributed by atoms with Crippen LogP contribution in [0.3, 0.4) is 0 Å². The standard InChI is InChI=1S/C18H15N3O2/c1-23-12-3-5-15-11(6-12)8-17(21-15)18(22)10-2-4-16-13(7-10)14(19)9-20-16/h2-9,20-21H,19H2,1H3. The number of benzene rings is 2.